The lowest BCUT2D eigenvalue weighted by atomic mass is 9.78. The van der Waals surface area contributed by atoms with E-state index in [9.17, 15) is 19.2 Å². The quantitative estimate of drug-likeness (QED) is 0.0687. The van der Waals surface area contributed by atoms with Crippen molar-refractivity contribution in [1.29, 1.82) is 0 Å². The molecule has 0 radical (unpaired) electrons. The molecule has 0 heterocycles. The van der Waals surface area contributed by atoms with Crippen molar-refractivity contribution in [3.8, 4) is 23.0 Å². The van der Waals surface area contributed by atoms with Crippen LogP contribution in [0, 0.1) is 0 Å². The van der Waals surface area contributed by atoms with Gasteiger partial charge in [0.15, 0.2) is 11.6 Å². The van der Waals surface area contributed by atoms with E-state index in [1.165, 1.54) is 13.8 Å². The normalized spacial score (nSPS) is 11.0. The number of benzene rings is 6. The van der Waals surface area contributed by atoms with Crippen LogP contribution in [0.25, 0.3) is 0 Å². The molecule has 0 bridgehead atoms. The number of carbonyl (C=O) groups excluding carboxylic acids is 4. The van der Waals surface area contributed by atoms with Crippen LogP contribution in [0.4, 0.5) is 0 Å². The van der Waals surface area contributed by atoms with E-state index in [-0.39, 0.29) is 22.4 Å². The summed E-state index contributed by atoms with van der Waals surface area (Å²) < 4.78 is 21.4. The molecule has 8 nitrogen and oxygen atoms in total. The first-order valence-corrected chi connectivity index (χ1v) is 18.8. The molecule has 0 amide bonds. The zero-order chi connectivity index (χ0) is 42.0. The van der Waals surface area contributed by atoms with Crippen LogP contribution in [0.15, 0.2) is 146 Å². The van der Waals surface area contributed by atoms with E-state index in [0.717, 1.165) is 33.8 Å². The average Bonchev–Trinajstić information content (AvgIpc) is 3.24. The molecule has 0 aliphatic rings. The summed E-state index contributed by atoms with van der Waals surface area (Å²) in [5.74, 6) is 1.49. The Balaban J connectivity index is 0.000000221. The number of esters is 2. The van der Waals surface area contributed by atoms with Crippen LogP contribution < -0.4 is 18.9 Å². The highest BCUT2D eigenvalue weighted by molar-refractivity contribution is 5.98. The first-order valence-electron chi connectivity index (χ1n) is 18.8. The summed E-state index contributed by atoms with van der Waals surface area (Å²) in [7, 11) is 3.30. The summed E-state index contributed by atoms with van der Waals surface area (Å²) in [6.45, 7) is 11.5. The minimum atomic E-state index is -0.490. The van der Waals surface area contributed by atoms with Crippen LogP contribution in [0.5, 0.6) is 23.0 Å². The third kappa shape index (κ3) is 10.3. The van der Waals surface area contributed by atoms with Crippen molar-refractivity contribution >= 4 is 23.5 Å². The maximum atomic E-state index is 12.4. The smallest absolute Gasteiger partial charge is 0.343 e. The van der Waals surface area contributed by atoms with E-state index >= 15 is 0 Å². The maximum Gasteiger partial charge on any atom is 0.343 e. The third-order valence-electron chi connectivity index (χ3n) is 10.2. The molecule has 0 N–H and O–H groups in total. The Bertz CT molecular complexity index is 2350. The van der Waals surface area contributed by atoms with Crippen molar-refractivity contribution in [3.05, 3.63) is 190 Å². The van der Waals surface area contributed by atoms with Crippen molar-refractivity contribution in [2.24, 2.45) is 0 Å². The summed E-state index contributed by atoms with van der Waals surface area (Å²) >= 11 is 0. The van der Waals surface area contributed by atoms with Crippen molar-refractivity contribution in [2.45, 2.75) is 52.4 Å². The molecule has 0 aromatic heterocycles. The fourth-order valence-corrected chi connectivity index (χ4v) is 6.27. The van der Waals surface area contributed by atoms with E-state index in [1.54, 1.807) is 87.0 Å². The fraction of sp³-hybridized carbons (Fsp3) is 0.200. The minimum Gasteiger partial charge on any atom is -0.497 e. The second-order valence-electron chi connectivity index (χ2n) is 14.8. The summed E-state index contributed by atoms with van der Waals surface area (Å²) in [6, 6.07) is 44.0. The number of methoxy groups -OCH3 is 2. The van der Waals surface area contributed by atoms with Crippen LogP contribution in [0.2, 0.25) is 0 Å². The third-order valence-corrected chi connectivity index (χ3v) is 10.2. The van der Waals surface area contributed by atoms with E-state index in [1.807, 2.05) is 48.5 Å². The summed E-state index contributed by atoms with van der Waals surface area (Å²) in [6.07, 6.45) is 0. The van der Waals surface area contributed by atoms with Gasteiger partial charge < -0.3 is 18.9 Å². The van der Waals surface area contributed by atoms with Crippen LogP contribution >= 0.6 is 0 Å². The van der Waals surface area contributed by atoms with E-state index in [0.29, 0.717) is 33.8 Å². The highest BCUT2D eigenvalue weighted by Gasteiger charge is 2.25. The molecule has 0 atom stereocenters. The van der Waals surface area contributed by atoms with Crippen molar-refractivity contribution in [1.82, 2.24) is 0 Å². The number of hydrogen-bond donors (Lipinski definition) is 0. The Morgan fingerprint density at radius 3 is 1.03 bits per heavy atom. The van der Waals surface area contributed by atoms with Crippen molar-refractivity contribution < 1.29 is 38.1 Å². The second-order valence-corrected chi connectivity index (χ2v) is 14.8. The van der Waals surface area contributed by atoms with Crippen molar-refractivity contribution in [2.75, 3.05) is 14.2 Å². The van der Waals surface area contributed by atoms with Gasteiger partial charge in [-0.05, 0) is 109 Å². The largest absolute Gasteiger partial charge is 0.497 e. The molecule has 0 aliphatic carbocycles. The molecule has 0 aliphatic heterocycles. The molecule has 6 rings (SSSR count). The van der Waals surface area contributed by atoms with Crippen LogP contribution in [-0.4, -0.2) is 37.7 Å². The number of carbonyl (C=O) groups is 4. The van der Waals surface area contributed by atoms with Gasteiger partial charge in [-0.25, -0.2) is 9.59 Å². The molecule has 58 heavy (non-hydrogen) atoms. The Kier molecular flexibility index (Phi) is 13.5. The molecule has 8 heteroatoms. The van der Waals surface area contributed by atoms with Gasteiger partial charge >= 0.3 is 11.9 Å². The van der Waals surface area contributed by atoms with E-state index < -0.39 is 11.9 Å². The van der Waals surface area contributed by atoms with Gasteiger partial charge in [-0.15, -0.1) is 0 Å². The number of ketones is 2. The van der Waals surface area contributed by atoms with E-state index in [4.69, 9.17) is 18.9 Å². The molecule has 0 saturated heterocycles. The van der Waals surface area contributed by atoms with Gasteiger partial charge in [-0.3, -0.25) is 9.59 Å². The number of ether oxygens (including phenoxy) is 4. The van der Waals surface area contributed by atoms with Crippen molar-refractivity contribution in [3.63, 3.8) is 0 Å². The minimum absolute atomic E-state index is 0.0417. The zero-order valence-corrected chi connectivity index (χ0v) is 34.1. The first kappa shape index (κ1) is 42.3. The molecular formula is C50H48O8. The van der Waals surface area contributed by atoms with Gasteiger partial charge in [-0.1, -0.05) is 100 Å². The highest BCUT2D eigenvalue weighted by Crippen LogP contribution is 2.35. The standard InChI is InChI=1S/2C25H24O4/c1-17(26)18-5-7-19(8-6-18)24(27)29-23-15-11-21(12-16-23)25(2,3)20-9-13-22(28-4)14-10-20;1-17(26)18-6-5-7-19(16-18)24(27)29-23-14-10-21(11-15-23)25(2,3)20-8-12-22(28-4)13-9-20/h2*5-16H,1-4H3. The summed E-state index contributed by atoms with van der Waals surface area (Å²) in [5.41, 5.74) is 5.88. The Hall–Kier alpha value is -6.80. The first-order chi connectivity index (χ1) is 27.6. The van der Waals surface area contributed by atoms with Crippen LogP contribution in [0.3, 0.4) is 0 Å². The lowest BCUT2D eigenvalue weighted by Crippen LogP contribution is -2.18. The lowest BCUT2D eigenvalue weighted by molar-refractivity contribution is 0.0725. The fourth-order valence-electron chi connectivity index (χ4n) is 6.27. The molecular weight excluding hydrogens is 729 g/mol. The summed E-state index contributed by atoms with van der Waals surface area (Å²) in [4.78, 5) is 47.6. The second kappa shape index (κ2) is 18.4. The Morgan fingerprint density at radius 2 is 0.690 bits per heavy atom. The van der Waals surface area contributed by atoms with Gasteiger partial charge in [0, 0.05) is 22.0 Å². The molecule has 0 saturated carbocycles. The zero-order valence-electron chi connectivity index (χ0n) is 34.1. The van der Waals surface area contributed by atoms with E-state index in [2.05, 4.69) is 52.0 Å². The number of hydrogen-bond acceptors (Lipinski definition) is 8. The molecule has 0 fully saturated rings. The van der Waals surface area contributed by atoms with Gasteiger partial charge in [0.05, 0.1) is 25.3 Å². The Morgan fingerprint density at radius 1 is 0.379 bits per heavy atom. The molecule has 0 unspecified atom stereocenters. The lowest BCUT2D eigenvalue weighted by Gasteiger charge is -2.26. The van der Waals surface area contributed by atoms with Gasteiger partial charge in [-0.2, -0.15) is 0 Å². The van der Waals surface area contributed by atoms with Crippen LogP contribution in [0.1, 0.15) is 105 Å². The average molecular weight is 777 g/mol. The number of Topliss-reactive ketones (excluding diaryl/α,β-unsaturated/α-hetero) is 2. The maximum absolute atomic E-state index is 12.4. The van der Waals surface area contributed by atoms with Gasteiger partial charge in [0.1, 0.15) is 23.0 Å². The van der Waals surface area contributed by atoms with Crippen LogP contribution in [-0.2, 0) is 10.8 Å². The molecule has 0 spiro atoms. The van der Waals surface area contributed by atoms with Gasteiger partial charge in [0.2, 0.25) is 0 Å². The SMILES string of the molecule is COc1ccc(C(C)(C)c2ccc(OC(=O)c3ccc(C(C)=O)cc3)cc2)cc1.COc1ccc(C(C)(C)c2ccc(OC(=O)c3cccc(C(C)=O)c3)cc2)cc1. The molecule has 296 valence electrons. The number of rotatable bonds is 12. The molecule has 6 aromatic carbocycles. The van der Waals surface area contributed by atoms with Gasteiger partial charge in [0.25, 0.3) is 0 Å². The summed E-state index contributed by atoms with van der Waals surface area (Å²) in [5, 5.41) is 0. The Labute approximate surface area is 340 Å². The monoisotopic (exact) mass is 776 g/mol. The predicted octanol–water partition coefficient (Wildman–Crippen LogP) is 10.9. The topological polar surface area (TPSA) is 105 Å². The highest BCUT2D eigenvalue weighted by atomic mass is 16.5. The predicted molar refractivity (Wildman–Crippen MR) is 226 cm³/mol. The molecule has 6 aromatic rings.